The van der Waals surface area contributed by atoms with Crippen LogP contribution in [-0.4, -0.2) is 33.5 Å². The minimum atomic E-state index is 0.516. The summed E-state index contributed by atoms with van der Waals surface area (Å²) >= 11 is 0. The Morgan fingerprint density at radius 1 is 0.857 bits per heavy atom. The summed E-state index contributed by atoms with van der Waals surface area (Å²) in [6.07, 6.45) is 0. The van der Waals surface area contributed by atoms with Crippen LogP contribution in [0.2, 0.25) is 0 Å². The Balaban J connectivity index is 2.49. The van der Waals surface area contributed by atoms with Gasteiger partial charge in [-0.2, -0.15) is 0 Å². The van der Waals surface area contributed by atoms with Gasteiger partial charge in [-0.05, 0) is 28.5 Å². The monoisotopic (exact) mass is 294 g/mol. The number of hydrogen-bond acceptors (Lipinski definition) is 3. The lowest BCUT2D eigenvalue weighted by Crippen LogP contribution is -2.09. The molecule has 0 aromatic heterocycles. The van der Waals surface area contributed by atoms with Crippen molar-refractivity contribution in [1.82, 2.24) is 0 Å². The van der Waals surface area contributed by atoms with Crippen molar-refractivity contribution in [1.29, 1.82) is 0 Å². The largest absolute Gasteiger partial charge is 0.382 e. The summed E-state index contributed by atoms with van der Waals surface area (Å²) in [5, 5.41) is 0. The second-order valence-corrected chi connectivity index (χ2v) is 5.93. The van der Waals surface area contributed by atoms with Gasteiger partial charge >= 0.3 is 0 Å². The average molecular weight is 294 g/mol. The highest BCUT2D eigenvalue weighted by Crippen LogP contribution is 2.25. The Bertz CT molecular complexity index is 399. The molecule has 3 heteroatoms. The van der Waals surface area contributed by atoms with Crippen molar-refractivity contribution in [3.63, 3.8) is 0 Å². The molecule has 0 saturated carbocycles. The van der Waals surface area contributed by atoms with Crippen LogP contribution in [0, 0.1) is 0 Å². The number of hydrogen-bond donors (Lipinski definition) is 0. The molecule has 120 valence electrons. The first-order chi connectivity index (χ1) is 10.1. The molecule has 0 atom stereocenters. The van der Waals surface area contributed by atoms with Crippen LogP contribution >= 0.6 is 0 Å². The smallest absolute Gasteiger partial charge is 0.0720 e. The van der Waals surface area contributed by atoms with Crippen LogP contribution < -0.4 is 0 Å². The molecule has 0 aliphatic rings. The molecule has 3 nitrogen and oxygen atoms in total. The van der Waals surface area contributed by atoms with E-state index in [9.17, 15) is 0 Å². The van der Waals surface area contributed by atoms with Crippen LogP contribution in [0.1, 0.15) is 56.2 Å². The Hall–Kier alpha value is -0.900. The van der Waals surface area contributed by atoms with Gasteiger partial charge in [0.2, 0.25) is 0 Å². The predicted molar refractivity (Wildman–Crippen MR) is 87.0 cm³/mol. The van der Waals surface area contributed by atoms with Gasteiger partial charge in [0.15, 0.2) is 0 Å². The highest BCUT2D eigenvalue weighted by molar-refractivity contribution is 5.35. The highest BCUT2D eigenvalue weighted by Gasteiger charge is 2.09. The molecule has 0 fully saturated rings. The van der Waals surface area contributed by atoms with Crippen LogP contribution in [0.5, 0.6) is 0 Å². The standard InChI is InChI=1S/C18H30O3/c1-14(2)16-6-7-18(15(3)4)17(12-16)13-21-11-10-20-9-8-19-5/h6-7,12,14-15H,8-11,13H2,1-5H3. The fourth-order valence-corrected chi connectivity index (χ4v) is 2.22. The second kappa shape index (κ2) is 9.93. The van der Waals surface area contributed by atoms with Gasteiger partial charge in [0.05, 0.1) is 33.0 Å². The topological polar surface area (TPSA) is 27.7 Å². The van der Waals surface area contributed by atoms with E-state index in [1.807, 2.05) is 0 Å². The van der Waals surface area contributed by atoms with Crippen molar-refractivity contribution in [3.05, 3.63) is 34.9 Å². The molecule has 0 radical (unpaired) electrons. The van der Waals surface area contributed by atoms with Gasteiger partial charge in [-0.3, -0.25) is 0 Å². The van der Waals surface area contributed by atoms with Gasteiger partial charge in [-0.1, -0.05) is 45.9 Å². The molecular formula is C18H30O3. The van der Waals surface area contributed by atoms with E-state index in [4.69, 9.17) is 14.2 Å². The van der Waals surface area contributed by atoms with E-state index in [1.54, 1.807) is 7.11 Å². The van der Waals surface area contributed by atoms with Crippen molar-refractivity contribution in [2.75, 3.05) is 33.5 Å². The molecule has 0 amide bonds. The number of benzene rings is 1. The molecule has 21 heavy (non-hydrogen) atoms. The maximum Gasteiger partial charge on any atom is 0.0720 e. The molecule has 1 aromatic rings. The van der Waals surface area contributed by atoms with Crippen molar-refractivity contribution >= 4 is 0 Å². The number of ether oxygens (including phenoxy) is 3. The average Bonchev–Trinajstić information content (AvgIpc) is 2.45. The summed E-state index contributed by atoms with van der Waals surface area (Å²) in [5.74, 6) is 1.06. The first kappa shape index (κ1) is 18.1. The second-order valence-electron chi connectivity index (χ2n) is 5.93. The fraction of sp³-hybridized carbons (Fsp3) is 0.667. The number of methoxy groups -OCH3 is 1. The zero-order chi connectivity index (χ0) is 15.7. The molecule has 0 bridgehead atoms. The molecule has 0 spiro atoms. The summed E-state index contributed by atoms with van der Waals surface area (Å²) in [7, 11) is 1.68. The maximum absolute atomic E-state index is 5.76. The summed E-state index contributed by atoms with van der Waals surface area (Å²) in [4.78, 5) is 0. The van der Waals surface area contributed by atoms with Crippen LogP contribution in [0.15, 0.2) is 18.2 Å². The van der Waals surface area contributed by atoms with E-state index in [2.05, 4.69) is 45.9 Å². The Labute approximate surface area is 129 Å². The van der Waals surface area contributed by atoms with Gasteiger partial charge in [0.1, 0.15) is 0 Å². The normalized spacial score (nSPS) is 11.6. The molecule has 0 saturated heterocycles. The van der Waals surface area contributed by atoms with Crippen LogP contribution in [0.25, 0.3) is 0 Å². The lowest BCUT2D eigenvalue weighted by atomic mass is 9.92. The third kappa shape index (κ3) is 6.60. The minimum Gasteiger partial charge on any atom is -0.382 e. The van der Waals surface area contributed by atoms with E-state index < -0.39 is 0 Å². The van der Waals surface area contributed by atoms with Crippen molar-refractivity contribution < 1.29 is 14.2 Å². The van der Waals surface area contributed by atoms with Gasteiger partial charge in [0.25, 0.3) is 0 Å². The summed E-state index contributed by atoms with van der Waals surface area (Å²) in [6, 6.07) is 6.76. The van der Waals surface area contributed by atoms with Crippen LogP contribution in [-0.2, 0) is 20.8 Å². The first-order valence-corrected chi connectivity index (χ1v) is 7.83. The summed E-state index contributed by atoms with van der Waals surface area (Å²) < 4.78 is 16.1. The van der Waals surface area contributed by atoms with Crippen LogP contribution in [0.3, 0.4) is 0 Å². The zero-order valence-corrected chi connectivity index (χ0v) is 14.1. The minimum absolute atomic E-state index is 0.516. The number of rotatable bonds is 10. The Morgan fingerprint density at radius 3 is 2.14 bits per heavy atom. The van der Waals surface area contributed by atoms with E-state index in [0.29, 0.717) is 44.9 Å². The van der Waals surface area contributed by atoms with E-state index in [-0.39, 0.29) is 0 Å². The van der Waals surface area contributed by atoms with Crippen molar-refractivity contribution in [2.45, 2.75) is 46.1 Å². The Morgan fingerprint density at radius 2 is 1.52 bits per heavy atom. The van der Waals surface area contributed by atoms with Gasteiger partial charge in [-0.15, -0.1) is 0 Å². The predicted octanol–water partition coefficient (Wildman–Crippen LogP) is 4.11. The third-order valence-corrected chi connectivity index (χ3v) is 3.52. The molecule has 0 aliphatic heterocycles. The summed E-state index contributed by atoms with van der Waals surface area (Å²) in [5.41, 5.74) is 4.04. The molecular weight excluding hydrogens is 264 g/mol. The fourth-order valence-electron chi connectivity index (χ4n) is 2.22. The first-order valence-electron chi connectivity index (χ1n) is 7.83. The summed E-state index contributed by atoms with van der Waals surface area (Å²) in [6.45, 7) is 12.0. The van der Waals surface area contributed by atoms with E-state index >= 15 is 0 Å². The zero-order valence-electron chi connectivity index (χ0n) is 14.1. The molecule has 1 rings (SSSR count). The lowest BCUT2D eigenvalue weighted by molar-refractivity contribution is 0.0197. The lowest BCUT2D eigenvalue weighted by Gasteiger charge is -2.16. The maximum atomic E-state index is 5.76. The molecule has 0 unspecified atom stereocenters. The molecule has 1 aromatic carbocycles. The molecule has 0 heterocycles. The van der Waals surface area contributed by atoms with Gasteiger partial charge < -0.3 is 14.2 Å². The molecule has 0 N–H and O–H groups in total. The van der Waals surface area contributed by atoms with Gasteiger partial charge in [0, 0.05) is 7.11 Å². The van der Waals surface area contributed by atoms with E-state index in [0.717, 1.165) is 0 Å². The highest BCUT2D eigenvalue weighted by atomic mass is 16.5. The van der Waals surface area contributed by atoms with Crippen molar-refractivity contribution in [3.8, 4) is 0 Å². The third-order valence-electron chi connectivity index (χ3n) is 3.52. The van der Waals surface area contributed by atoms with Crippen molar-refractivity contribution in [2.24, 2.45) is 0 Å². The quantitative estimate of drug-likeness (QED) is 0.608. The van der Waals surface area contributed by atoms with E-state index in [1.165, 1.54) is 16.7 Å². The van der Waals surface area contributed by atoms with Gasteiger partial charge in [-0.25, -0.2) is 0 Å². The molecule has 0 aliphatic carbocycles. The Kier molecular flexibility index (Phi) is 8.58. The SMILES string of the molecule is COCCOCCOCc1cc(C(C)C)ccc1C(C)C. The van der Waals surface area contributed by atoms with Crippen LogP contribution in [0.4, 0.5) is 0 Å².